The first-order valence-corrected chi connectivity index (χ1v) is 7.44. The lowest BCUT2D eigenvalue weighted by Gasteiger charge is -2.07. The summed E-state index contributed by atoms with van der Waals surface area (Å²) in [5, 5.41) is 4.76. The molecule has 2 nitrogen and oxygen atoms in total. The fraction of sp³-hybridized carbons (Fsp3) is 0.214. The maximum absolute atomic E-state index is 6.12. The van der Waals surface area contributed by atoms with Gasteiger partial charge < -0.3 is 5.32 Å². The molecule has 1 heterocycles. The van der Waals surface area contributed by atoms with E-state index < -0.39 is 0 Å². The van der Waals surface area contributed by atoms with Gasteiger partial charge in [-0.05, 0) is 58.2 Å². The lowest BCUT2D eigenvalue weighted by Crippen LogP contribution is -2.16. The molecule has 0 aliphatic rings. The van der Waals surface area contributed by atoms with Crippen LogP contribution in [0.1, 0.15) is 11.1 Å². The quantitative estimate of drug-likeness (QED) is 0.796. The van der Waals surface area contributed by atoms with Gasteiger partial charge in [0.2, 0.25) is 0 Å². The molecule has 0 unspecified atom stereocenters. The summed E-state index contributed by atoms with van der Waals surface area (Å²) in [7, 11) is 0. The molecule has 0 aliphatic carbocycles. The second-order valence-electron chi connectivity index (χ2n) is 4.17. The first-order valence-electron chi connectivity index (χ1n) is 5.89. The Bertz CT molecular complexity index is 561. The number of hydrogen-bond acceptors (Lipinski definition) is 2. The summed E-state index contributed by atoms with van der Waals surface area (Å²) in [6, 6.07) is 7.65. The lowest BCUT2D eigenvalue weighted by atomic mass is 10.1. The summed E-state index contributed by atoms with van der Waals surface area (Å²) in [5.41, 5.74) is 2.25. The first kappa shape index (κ1) is 14.8. The zero-order valence-electron chi connectivity index (χ0n) is 10.2. The zero-order chi connectivity index (χ0) is 13.7. The molecule has 0 aliphatic heterocycles. The van der Waals surface area contributed by atoms with Gasteiger partial charge in [0.25, 0.3) is 0 Å². The zero-order valence-corrected chi connectivity index (χ0v) is 13.3. The largest absolute Gasteiger partial charge is 0.312 e. The van der Waals surface area contributed by atoms with Crippen LogP contribution in [0.25, 0.3) is 0 Å². The Labute approximate surface area is 131 Å². The minimum atomic E-state index is 0.668. The van der Waals surface area contributed by atoms with Crippen LogP contribution in [0.4, 0.5) is 0 Å². The van der Waals surface area contributed by atoms with Gasteiger partial charge in [0.1, 0.15) is 0 Å². The van der Waals surface area contributed by atoms with Gasteiger partial charge in [0, 0.05) is 33.5 Å². The Morgan fingerprint density at radius 2 is 2.00 bits per heavy atom. The van der Waals surface area contributed by atoms with E-state index in [4.69, 9.17) is 23.2 Å². The molecule has 1 N–H and O–H groups in total. The Morgan fingerprint density at radius 1 is 1.16 bits per heavy atom. The maximum Gasteiger partial charge on any atom is 0.0453 e. The minimum absolute atomic E-state index is 0.668. The number of hydrogen-bond donors (Lipinski definition) is 1. The van der Waals surface area contributed by atoms with E-state index in [0.29, 0.717) is 5.02 Å². The van der Waals surface area contributed by atoms with E-state index in [9.17, 15) is 0 Å². The highest BCUT2D eigenvalue weighted by atomic mass is 79.9. The second-order valence-corrected chi connectivity index (χ2v) is 5.93. The van der Waals surface area contributed by atoms with E-state index in [-0.39, 0.29) is 0 Å². The monoisotopic (exact) mass is 358 g/mol. The van der Waals surface area contributed by atoms with Crippen molar-refractivity contribution in [1.82, 2.24) is 10.3 Å². The summed E-state index contributed by atoms with van der Waals surface area (Å²) in [5.74, 6) is 0. The standard InChI is InChI=1S/C14H13BrCl2N2/c15-12-5-10(8-19-9-12)7-18-4-3-11-1-2-13(16)6-14(11)17/h1-2,5-6,8-9,18H,3-4,7H2. The van der Waals surface area contributed by atoms with Crippen molar-refractivity contribution in [1.29, 1.82) is 0 Å². The van der Waals surface area contributed by atoms with E-state index in [1.807, 2.05) is 18.3 Å². The van der Waals surface area contributed by atoms with E-state index >= 15 is 0 Å². The van der Waals surface area contributed by atoms with Crippen molar-refractivity contribution < 1.29 is 0 Å². The predicted molar refractivity (Wildman–Crippen MR) is 83.8 cm³/mol. The Hall–Kier alpha value is -0.610. The molecule has 0 spiro atoms. The number of nitrogens with one attached hydrogen (secondary N) is 1. The van der Waals surface area contributed by atoms with Gasteiger partial charge in [-0.15, -0.1) is 0 Å². The summed E-state index contributed by atoms with van der Waals surface area (Å²) in [6.07, 6.45) is 4.50. The number of pyridine rings is 1. The third-order valence-electron chi connectivity index (χ3n) is 2.68. The van der Waals surface area contributed by atoms with Crippen LogP contribution in [-0.4, -0.2) is 11.5 Å². The summed E-state index contributed by atoms with van der Waals surface area (Å²) in [4.78, 5) is 4.12. The van der Waals surface area contributed by atoms with Crippen LogP contribution in [0.15, 0.2) is 41.1 Å². The number of nitrogens with zero attached hydrogens (tertiary/aromatic N) is 1. The molecule has 0 bridgehead atoms. The lowest BCUT2D eigenvalue weighted by molar-refractivity contribution is 0.685. The van der Waals surface area contributed by atoms with Gasteiger partial charge >= 0.3 is 0 Å². The molecule has 0 amide bonds. The molecule has 1 aromatic carbocycles. The van der Waals surface area contributed by atoms with E-state index in [2.05, 4.69) is 32.3 Å². The van der Waals surface area contributed by atoms with Gasteiger partial charge in [-0.2, -0.15) is 0 Å². The van der Waals surface area contributed by atoms with Crippen LogP contribution in [0.3, 0.4) is 0 Å². The van der Waals surface area contributed by atoms with Gasteiger partial charge in [-0.1, -0.05) is 29.3 Å². The van der Waals surface area contributed by atoms with Crippen molar-refractivity contribution >= 4 is 39.1 Å². The third-order valence-corrected chi connectivity index (χ3v) is 3.70. The van der Waals surface area contributed by atoms with Crippen molar-refractivity contribution in [2.45, 2.75) is 13.0 Å². The Morgan fingerprint density at radius 3 is 2.74 bits per heavy atom. The number of halogens is 3. The summed E-state index contributed by atoms with van der Waals surface area (Å²) < 4.78 is 0.993. The molecule has 19 heavy (non-hydrogen) atoms. The highest BCUT2D eigenvalue weighted by Crippen LogP contribution is 2.21. The smallest absolute Gasteiger partial charge is 0.0453 e. The number of rotatable bonds is 5. The van der Waals surface area contributed by atoms with Crippen molar-refractivity contribution in [3.63, 3.8) is 0 Å². The van der Waals surface area contributed by atoms with Crippen LogP contribution in [0.2, 0.25) is 10.0 Å². The van der Waals surface area contributed by atoms with Crippen LogP contribution >= 0.6 is 39.1 Å². The molecule has 5 heteroatoms. The fourth-order valence-electron chi connectivity index (χ4n) is 1.73. The summed E-state index contributed by atoms with van der Waals surface area (Å²) >= 11 is 15.4. The van der Waals surface area contributed by atoms with Gasteiger partial charge in [-0.25, -0.2) is 0 Å². The van der Waals surface area contributed by atoms with Gasteiger partial charge in [0.05, 0.1) is 0 Å². The second kappa shape index (κ2) is 7.25. The molecule has 0 radical (unpaired) electrons. The molecular formula is C14H13BrCl2N2. The SMILES string of the molecule is Clc1ccc(CCNCc2cncc(Br)c2)c(Cl)c1. The highest BCUT2D eigenvalue weighted by Gasteiger charge is 2.01. The van der Waals surface area contributed by atoms with E-state index in [1.165, 1.54) is 0 Å². The van der Waals surface area contributed by atoms with E-state index in [0.717, 1.165) is 40.1 Å². The molecule has 0 fully saturated rings. The molecule has 2 rings (SSSR count). The third kappa shape index (κ3) is 4.77. The number of aromatic nitrogens is 1. The highest BCUT2D eigenvalue weighted by molar-refractivity contribution is 9.10. The Kier molecular flexibility index (Phi) is 5.64. The average Bonchev–Trinajstić information content (AvgIpc) is 2.37. The van der Waals surface area contributed by atoms with Crippen LogP contribution in [0, 0.1) is 0 Å². The fourth-order valence-corrected chi connectivity index (χ4v) is 2.65. The maximum atomic E-state index is 6.12. The molecule has 1 aromatic heterocycles. The topological polar surface area (TPSA) is 24.9 Å². The molecule has 100 valence electrons. The molecule has 0 saturated carbocycles. The van der Waals surface area contributed by atoms with Crippen LogP contribution < -0.4 is 5.32 Å². The van der Waals surface area contributed by atoms with Crippen LogP contribution in [-0.2, 0) is 13.0 Å². The van der Waals surface area contributed by atoms with Crippen molar-refractivity contribution in [2.75, 3.05) is 6.54 Å². The molecular weight excluding hydrogens is 347 g/mol. The first-order chi connectivity index (χ1) is 9.15. The van der Waals surface area contributed by atoms with Crippen molar-refractivity contribution in [2.24, 2.45) is 0 Å². The molecule has 2 aromatic rings. The predicted octanol–water partition coefficient (Wildman–Crippen LogP) is 4.48. The number of benzene rings is 1. The molecule has 0 atom stereocenters. The normalized spacial score (nSPS) is 10.7. The molecule has 0 saturated heterocycles. The van der Waals surface area contributed by atoms with E-state index in [1.54, 1.807) is 12.3 Å². The van der Waals surface area contributed by atoms with Gasteiger partial charge in [-0.3, -0.25) is 4.98 Å². The van der Waals surface area contributed by atoms with Crippen molar-refractivity contribution in [3.05, 3.63) is 62.3 Å². The summed E-state index contributed by atoms with van der Waals surface area (Å²) in [6.45, 7) is 1.64. The van der Waals surface area contributed by atoms with Crippen LogP contribution in [0.5, 0.6) is 0 Å². The van der Waals surface area contributed by atoms with Crippen molar-refractivity contribution in [3.8, 4) is 0 Å². The van der Waals surface area contributed by atoms with Gasteiger partial charge in [0.15, 0.2) is 0 Å². The minimum Gasteiger partial charge on any atom is -0.312 e. The Balaban J connectivity index is 1.81. The average molecular weight is 360 g/mol.